The van der Waals surface area contributed by atoms with Gasteiger partial charge in [0.15, 0.2) is 0 Å². The first-order valence-electron chi connectivity index (χ1n) is 7.47. The van der Waals surface area contributed by atoms with Gasteiger partial charge in [-0.25, -0.2) is 0 Å². The summed E-state index contributed by atoms with van der Waals surface area (Å²) in [6.07, 6.45) is 7.41. The zero-order valence-corrected chi connectivity index (χ0v) is 12.2. The van der Waals surface area contributed by atoms with E-state index in [0.717, 1.165) is 17.5 Å². The lowest BCUT2D eigenvalue weighted by Crippen LogP contribution is -2.37. The molecule has 3 rings (SSSR count). The number of rotatable bonds is 3. The van der Waals surface area contributed by atoms with E-state index >= 15 is 0 Å². The van der Waals surface area contributed by atoms with Crippen molar-refractivity contribution in [1.82, 2.24) is 15.0 Å². The lowest BCUT2D eigenvalue weighted by Gasteiger charge is -2.35. The molecule has 0 spiro atoms. The molecule has 1 aromatic heterocycles. The van der Waals surface area contributed by atoms with Crippen LogP contribution in [0.25, 0.3) is 5.69 Å². The molecule has 1 saturated carbocycles. The quantitative estimate of drug-likeness (QED) is 0.928. The molecule has 1 heterocycles. The van der Waals surface area contributed by atoms with Crippen molar-refractivity contribution >= 4 is 5.69 Å². The number of nitrogens with zero attached hydrogens (tertiary/aromatic N) is 3. The smallest absolute Gasteiger partial charge is 0.0858 e. The fourth-order valence-electron chi connectivity index (χ4n) is 3.20. The second-order valence-electron chi connectivity index (χ2n) is 5.92. The first kappa shape index (κ1) is 13.2. The Morgan fingerprint density at radius 3 is 2.20 bits per heavy atom. The first-order valence-corrected chi connectivity index (χ1v) is 7.47. The van der Waals surface area contributed by atoms with Crippen LogP contribution in [-0.2, 0) is 0 Å². The van der Waals surface area contributed by atoms with Crippen molar-refractivity contribution in [3.05, 3.63) is 36.7 Å². The van der Waals surface area contributed by atoms with Gasteiger partial charge in [-0.05, 0) is 48.9 Å². The first-order chi connectivity index (χ1) is 9.74. The Balaban J connectivity index is 1.71. The summed E-state index contributed by atoms with van der Waals surface area (Å²) < 4.78 is 0. The molecule has 1 aliphatic carbocycles. The van der Waals surface area contributed by atoms with Crippen molar-refractivity contribution in [1.29, 1.82) is 0 Å². The minimum Gasteiger partial charge on any atom is -0.382 e. The SMILES string of the molecule is CC1CCCC(C)C1Nc1ccc(-n2nccn2)cc1. The lowest BCUT2D eigenvalue weighted by molar-refractivity contribution is 0.268. The highest BCUT2D eigenvalue weighted by molar-refractivity contribution is 5.49. The molecular weight excluding hydrogens is 248 g/mol. The van der Waals surface area contributed by atoms with Crippen LogP contribution in [0.3, 0.4) is 0 Å². The van der Waals surface area contributed by atoms with Crippen LogP contribution in [0.2, 0.25) is 0 Å². The molecule has 0 amide bonds. The summed E-state index contributed by atoms with van der Waals surface area (Å²) >= 11 is 0. The monoisotopic (exact) mass is 270 g/mol. The normalized spacial score (nSPS) is 26.4. The van der Waals surface area contributed by atoms with E-state index in [4.69, 9.17) is 0 Å². The van der Waals surface area contributed by atoms with Crippen LogP contribution < -0.4 is 5.32 Å². The zero-order valence-electron chi connectivity index (χ0n) is 12.2. The van der Waals surface area contributed by atoms with Gasteiger partial charge in [-0.1, -0.05) is 20.3 Å². The van der Waals surface area contributed by atoms with E-state index in [2.05, 4.69) is 53.6 Å². The van der Waals surface area contributed by atoms with E-state index in [-0.39, 0.29) is 0 Å². The molecule has 1 aromatic carbocycles. The van der Waals surface area contributed by atoms with Crippen LogP contribution in [0.15, 0.2) is 36.7 Å². The maximum atomic E-state index is 4.14. The van der Waals surface area contributed by atoms with Gasteiger partial charge in [-0.15, -0.1) is 0 Å². The average molecular weight is 270 g/mol. The Morgan fingerprint density at radius 2 is 1.60 bits per heavy atom. The zero-order chi connectivity index (χ0) is 13.9. The van der Waals surface area contributed by atoms with Gasteiger partial charge in [0.1, 0.15) is 0 Å². The highest BCUT2D eigenvalue weighted by Gasteiger charge is 2.27. The minimum atomic E-state index is 0.581. The summed E-state index contributed by atoms with van der Waals surface area (Å²) in [4.78, 5) is 1.63. The summed E-state index contributed by atoms with van der Waals surface area (Å²) in [5, 5.41) is 12.0. The van der Waals surface area contributed by atoms with Gasteiger partial charge >= 0.3 is 0 Å². The molecule has 2 unspecified atom stereocenters. The van der Waals surface area contributed by atoms with E-state index in [1.807, 2.05) is 0 Å². The third-order valence-electron chi connectivity index (χ3n) is 4.40. The Morgan fingerprint density at radius 1 is 1.00 bits per heavy atom. The van der Waals surface area contributed by atoms with E-state index in [9.17, 15) is 0 Å². The van der Waals surface area contributed by atoms with E-state index < -0.39 is 0 Å². The van der Waals surface area contributed by atoms with E-state index in [1.54, 1.807) is 17.2 Å². The molecule has 1 N–H and O–H groups in total. The van der Waals surface area contributed by atoms with Crippen molar-refractivity contribution in [3.8, 4) is 5.69 Å². The highest BCUT2D eigenvalue weighted by atomic mass is 15.5. The fraction of sp³-hybridized carbons (Fsp3) is 0.500. The molecule has 0 radical (unpaired) electrons. The largest absolute Gasteiger partial charge is 0.382 e. The molecule has 20 heavy (non-hydrogen) atoms. The Bertz CT molecular complexity index is 522. The predicted molar refractivity (Wildman–Crippen MR) is 80.9 cm³/mol. The van der Waals surface area contributed by atoms with Crippen LogP contribution in [0.1, 0.15) is 33.1 Å². The number of aromatic nitrogens is 3. The number of hydrogen-bond donors (Lipinski definition) is 1. The molecule has 2 atom stereocenters. The second kappa shape index (κ2) is 5.65. The molecule has 0 aliphatic heterocycles. The molecule has 0 bridgehead atoms. The summed E-state index contributed by atoms with van der Waals surface area (Å²) in [5.74, 6) is 1.48. The molecule has 4 nitrogen and oxygen atoms in total. The fourth-order valence-corrected chi connectivity index (χ4v) is 3.20. The molecule has 4 heteroatoms. The minimum absolute atomic E-state index is 0.581. The standard InChI is InChI=1S/C16H22N4/c1-12-4-3-5-13(2)16(12)19-14-6-8-15(9-7-14)20-17-10-11-18-20/h6-13,16,19H,3-5H2,1-2H3. The second-order valence-corrected chi connectivity index (χ2v) is 5.92. The maximum absolute atomic E-state index is 4.14. The van der Waals surface area contributed by atoms with Crippen molar-refractivity contribution in [3.63, 3.8) is 0 Å². The van der Waals surface area contributed by atoms with Gasteiger partial charge in [0.2, 0.25) is 0 Å². The van der Waals surface area contributed by atoms with Crippen molar-refractivity contribution in [2.75, 3.05) is 5.32 Å². The maximum Gasteiger partial charge on any atom is 0.0858 e. The van der Waals surface area contributed by atoms with Gasteiger partial charge in [-0.3, -0.25) is 0 Å². The Labute approximate surface area is 120 Å². The van der Waals surface area contributed by atoms with E-state index in [1.165, 1.54) is 24.9 Å². The summed E-state index contributed by atoms with van der Waals surface area (Å²) in [7, 11) is 0. The van der Waals surface area contributed by atoms with Gasteiger partial charge in [0.25, 0.3) is 0 Å². The predicted octanol–water partition coefficient (Wildman–Crippen LogP) is 3.50. The van der Waals surface area contributed by atoms with Gasteiger partial charge < -0.3 is 5.32 Å². The number of anilines is 1. The summed E-state index contributed by atoms with van der Waals surface area (Å²) in [5.41, 5.74) is 2.18. The number of nitrogens with one attached hydrogen (secondary N) is 1. The number of benzene rings is 1. The third kappa shape index (κ3) is 2.69. The van der Waals surface area contributed by atoms with Crippen LogP contribution in [0.4, 0.5) is 5.69 Å². The highest BCUT2D eigenvalue weighted by Crippen LogP contribution is 2.31. The van der Waals surface area contributed by atoms with Gasteiger partial charge in [0.05, 0.1) is 18.1 Å². The molecular formula is C16H22N4. The molecule has 1 fully saturated rings. The van der Waals surface area contributed by atoms with Gasteiger partial charge in [-0.2, -0.15) is 15.0 Å². The average Bonchev–Trinajstić information content (AvgIpc) is 2.98. The third-order valence-corrected chi connectivity index (χ3v) is 4.40. The summed E-state index contributed by atoms with van der Waals surface area (Å²) in [6.45, 7) is 4.71. The van der Waals surface area contributed by atoms with Crippen LogP contribution in [0.5, 0.6) is 0 Å². The summed E-state index contributed by atoms with van der Waals surface area (Å²) in [6, 6.07) is 8.93. The van der Waals surface area contributed by atoms with Crippen LogP contribution >= 0.6 is 0 Å². The topological polar surface area (TPSA) is 42.7 Å². The van der Waals surface area contributed by atoms with Crippen molar-refractivity contribution in [2.45, 2.75) is 39.2 Å². The van der Waals surface area contributed by atoms with E-state index in [0.29, 0.717) is 6.04 Å². The molecule has 2 aromatic rings. The van der Waals surface area contributed by atoms with Crippen molar-refractivity contribution < 1.29 is 0 Å². The lowest BCUT2D eigenvalue weighted by atomic mass is 9.78. The van der Waals surface area contributed by atoms with Crippen LogP contribution in [0, 0.1) is 11.8 Å². The Kier molecular flexibility index (Phi) is 3.72. The number of hydrogen-bond acceptors (Lipinski definition) is 3. The molecule has 0 saturated heterocycles. The van der Waals surface area contributed by atoms with Crippen molar-refractivity contribution in [2.24, 2.45) is 11.8 Å². The Hall–Kier alpha value is -1.84. The van der Waals surface area contributed by atoms with Crippen LogP contribution in [-0.4, -0.2) is 21.0 Å². The van der Waals surface area contributed by atoms with Gasteiger partial charge in [0, 0.05) is 11.7 Å². The molecule has 1 aliphatic rings. The molecule has 106 valence electrons.